The second-order valence-electron chi connectivity index (χ2n) is 8.24. The molecule has 0 radical (unpaired) electrons. The maximum Gasteiger partial charge on any atom is 0.276 e. The van der Waals surface area contributed by atoms with E-state index < -0.39 is 11.2 Å². The van der Waals surface area contributed by atoms with Crippen LogP contribution in [0, 0.1) is 12.7 Å². The van der Waals surface area contributed by atoms with Gasteiger partial charge in [-0.3, -0.25) is 14.3 Å². The number of aryl methyl sites for hydroxylation is 1. The molecule has 1 N–H and O–H groups in total. The minimum absolute atomic E-state index is 0.0728. The molecule has 0 saturated carbocycles. The molecule has 1 amide bonds. The normalized spacial score (nSPS) is 21.0. The van der Waals surface area contributed by atoms with Gasteiger partial charge in [-0.15, -0.1) is 0 Å². The van der Waals surface area contributed by atoms with Crippen LogP contribution < -0.4 is 5.43 Å². The highest BCUT2D eigenvalue weighted by atomic mass is 19.1. The van der Waals surface area contributed by atoms with E-state index in [2.05, 4.69) is 5.10 Å². The standard InChI is InChI=1S/C24H22FN3O3/c1-14-5-2-3-6-17(14)20(15-8-10-16(25)11-9-15)21-18-7-4-12-27(18)24(31)22-23(30)19(29)13-26-28(21)22/h2-3,5-6,8-11,13,18,20-21,30H,4,7,12H2,1H3/t18-,20?,21+/m1/s1. The number of aromatic hydroxyl groups is 1. The molecule has 6 nitrogen and oxygen atoms in total. The van der Waals surface area contributed by atoms with Crippen molar-refractivity contribution in [3.05, 3.63) is 93.2 Å². The van der Waals surface area contributed by atoms with E-state index in [1.807, 2.05) is 31.2 Å². The van der Waals surface area contributed by atoms with Crippen molar-refractivity contribution in [1.29, 1.82) is 0 Å². The molecule has 158 valence electrons. The number of benzene rings is 2. The molecule has 0 bridgehead atoms. The fourth-order valence-corrected chi connectivity index (χ4v) is 5.11. The smallest absolute Gasteiger partial charge is 0.276 e. The number of carbonyl (C=O) groups is 1. The Hall–Kier alpha value is -3.48. The predicted molar refractivity (Wildman–Crippen MR) is 113 cm³/mol. The summed E-state index contributed by atoms with van der Waals surface area (Å²) in [5, 5.41) is 14.8. The average Bonchev–Trinajstić information content (AvgIpc) is 3.25. The third kappa shape index (κ3) is 3.03. The minimum Gasteiger partial charge on any atom is -0.502 e. The predicted octanol–water partition coefficient (Wildman–Crippen LogP) is 3.39. The Balaban J connectivity index is 1.79. The van der Waals surface area contributed by atoms with Crippen LogP contribution in [-0.2, 0) is 0 Å². The summed E-state index contributed by atoms with van der Waals surface area (Å²) >= 11 is 0. The molecule has 0 aliphatic carbocycles. The molecule has 1 saturated heterocycles. The average molecular weight is 419 g/mol. The summed E-state index contributed by atoms with van der Waals surface area (Å²) in [7, 11) is 0. The molecular formula is C24H22FN3O3. The lowest BCUT2D eigenvalue weighted by atomic mass is 9.78. The quantitative estimate of drug-likeness (QED) is 0.706. The molecule has 1 aromatic heterocycles. The van der Waals surface area contributed by atoms with Gasteiger partial charge in [-0.25, -0.2) is 4.39 Å². The zero-order chi connectivity index (χ0) is 21.7. The second-order valence-corrected chi connectivity index (χ2v) is 8.24. The molecule has 7 heteroatoms. The van der Waals surface area contributed by atoms with Gasteiger partial charge in [-0.2, -0.15) is 5.10 Å². The van der Waals surface area contributed by atoms with Gasteiger partial charge in [0.2, 0.25) is 5.43 Å². The Labute approximate surface area is 178 Å². The summed E-state index contributed by atoms with van der Waals surface area (Å²) in [6, 6.07) is 13.8. The number of carbonyl (C=O) groups excluding carboxylic acids is 1. The van der Waals surface area contributed by atoms with Crippen molar-refractivity contribution in [3.63, 3.8) is 0 Å². The number of rotatable bonds is 3. The molecule has 1 fully saturated rings. The first-order valence-electron chi connectivity index (χ1n) is 10.4. The van der Waals surface area contributed by atoms with Crippen LogP contribution in [0.4, 0.5) is 4.39 Å². The van der Waals surface area contributed by atoms with Crippen LogP contribution in [-0.4, -0.2) is 38.3 Å². The van der Waals surface area contributed by atoms with E-state index in [-0.39, 0.29) is 35.4 Å². The van der Waals surface area contributed by atoms with E-state index in [0.717, 1.165) is 35.7 Å². The number of halogens is 1. The van der Waals surface area contributed by atoms with Gasteiger partial charge < -0.3 is 10.0 Å². The highest BCUT2D eigenvalue weighted by molar-refractivity contribution is 5.96. The zero-order valence-electron chi connectivity index (χ0n) is 17.0. The summed E-state index contributed by atoms with van der Waals surface area (Å²) in [6.07, 6.45) is 2.67. The van der Waals surface area contributed by atoms with Crippen molar-refractivity contribution < 1.29 is 14.3 Å². The Morgan fingerprint density at radius 1 is 1.13 bits per heavy atom. The van der Waals surface area contributed by atoms with Crippen molar-refractivity contribution in [2.24, 2.45) is 0 Å². The minimum atomic E-state index is -0.676. The number of fused-ring (bicyclic) bond motifs is 2. The van der Waals surface area contributed by atoms with E-state index in [1.54, 1.807) is 17.0 Å². The Bertz CT molecular complexity index is 1220. The van der Waals surface area contributed by atoms with Gasteiger partial charge in [0.1, 0.15) is 5.82 Å². The van der Waals surface area contributed by atoms with Crippen LogP contribution in [0.1, 0.15) is 52.0 Å². The van der Waals surface area contributed by atoms with Gasteiger partial charge in [0.25, 0.3) is 5.91 Å². The van der Waals surface area contributed by atoms with Gasteiger partial charge in [0, 0.05) is 12.5 Å². The number of nitrogens with zero attached hydrogens (tertiary/aromatic N) is 3. The second kappa shape index (κ2) is 7.34. The number of aromatic nitrogens is 2. The molecule has 0 spiro atoms. The van der Waals surface area contributed by atoms with Crippen molar-refractivity contribution >= 4 is 5.91 Å². The molecule has 2 aliphatic rings. The van der Waals surface area contributed by atoms with Gasteiger partial charge >= 0.3 is 0 Å². The SMILES string of the molecule is Cc1ccccc1C(c1ccc(F)cc1)[C@@H]1[C@H]2CCCN2C(=O)c2c(O)c(=O)cnn21. The number of amides is 1. The zero-order valence-corrected chi connectivity index (χ0v) is 17.0. The summed E-state index contributed by atoms with van der Waals surface area (Å²) in [4.78, 5) is 27.0. The molecule has 31 heavy (non-hydrogen) atoms. The lowest BCUT2D eigenvalue weighted by Gasteiger charge is -2.42. The summed E-state index contributed by atoms with van der Waals surface area (Å²) in [5.41, 5.74) is 2.23. The van der Waals surface area contributed by atoms with Gasteiger partial charge in [-0.05, 0) is 48.6 Å². The van der Waals surface area contributed by atoms with Gasteiger partial charge in [0.05, 0.1) is 18.3 Å². The molecule has 1 unspecified atom stereocenters. The Morgan fingerprint density at radius 3 is 2.61 bits per heavy atom. The monoisotopic (exact) mass is 419 g/mol. The van der Waals surface area contributed by atoms with Crippen molar-refractivity contribution in [2.75, 3.05) is 6.54 Å². The third-order valence-corrected chi connectivity index (χ3v) is 6.52. The van der Waals surface area contributed by atoms with Crippen LogP contribution in [0.5, 0.6) is 5.75 Å². The molecule has 3 heterocycles. The van der Waals surface area contributed by atoms with E-state index in [0.29, 0.717) is 6.54 Å². The van der Waals surface area contributed by atoms with Gasteiger partial charge in [0.15, 0.2) is 11.4 Å². The molecule has 3 aromatic rings. The van der Waals surface area contributed by atoms with Crippen molar-refractivity contribution in [3.8, 4) is 5.75 Å². The first kappa shape index (κ1) is 19.5. The van der Waals surface area contributed by atoms with Crippen LogP contribution in [0.3, 0.4) is 0 Å². The highest BCUT2D eigenvalue weighted by Gasteiger charge is 2.48. The third-order valence-electron chi connectivity index (χ3n) is 6.52. The lowest BCUT2D eigenvalue weighted by molar-refractivity contribution is 0.0565. The number of hydrogen-bond donors (Lipinski definition) is 1. The van der Waals surface area contributed by atoms with E-state index in [9.17, 15) is 19.1 Å². The first-order chi connectivity index (χ1) is 15.0. The largest absolute Gasteiger partial charge is 0.502 e. The van der Waals surface area contributed by atoms with Crippen LogP contribution >= 0.6 is 0 Å². The molecule has 5 rings (SSSR count). The molecule has 2 aliphatic heterocycles. The van der Waals surface area contributed by atoms with Crippen molar-refractivity contribution in [1.82, 2.24) is 14.7 Å². The topological polar surface area (TPSA) is 75.4 Å². The fourth-order valence-electron chi connectivity index (χ4n) is 5.11. The summed E-state index contributed by atoms with van der Waals surface area (Å²) < 4.78 is 15.3. The summed E-state index contributed by atoms with van der Waals surface area (Å²) in [6.45, 7) is 2.58. The fraction of sp³-hybridized carbons (Fsp3) is 0.292. The Morgan fingerprint density at radius 2 is 1.87 bits per heavy atom. The number of hydrogen-bond acceptors (Lipinski definition) is 4. The van der Waals surface area contributed by atoms with E-state index in [1.165, 1.54) is 16.8 Å². The Kier molecular flexibility index (Phi) is 4.61. The molecular weight excluding hydrogens is 397 g/mol. The van der Waals surface area contributed by atoms with E-state index in [4.69, 9.17) is 0 Å². The van der Waals surface area contributed by atoms with Crippen LogP contribution in [0.25, 0.3) is 0 Å². The van der Waals surface area contributed by atoms with Crippen LogP contribution in [0.2, 0.25) is 0 Å². The summed E-state index contributed by atoms with van der Waals surface area (Å²) in [5.74, 6) is -1.52. The maximum absolute atomic E-state index is 13.7. The van der Waals surface area contributed by atoms with Crippen LogP contribution in [0.15, 0.2) is 59.5 Å². The van der Waals surface area contributed by atoms with Gasteiger partial charge in [-0.1, -0.05) is 36.4 Å². The van der Waals surface area contributed by atoms with E-state index >= 15 is 0 Å². The molecule has 3 atom stereocenters. The highest BCUT2D eigenvalue weighted by Crippen LogP contribution is 2.46. The first-order valence-corrected chi connectivity index (χ1v) is 10.4. The van der Waals surface area contributed by atoms with Crippen molar-refractivity contribution in [2.45, 2.75) is 37.8 Å². The molecule has 2 aromatic carbocycles. The maximum atomic E-state index is 13.7. The lowest BCUT2D eigenvalue weighted by Crippen LogP contribution is -2.51.